The fourth-order valence-corrected chi connectivity index (χ4v) is 7.31. The third kappa shape index (κ3) is 38.4. The molecule has 73 heavy (non-hydrogen) atoms. The lowest BCUT2D eigenvalue weighted by Gasteiger charge is -2.40. The molecule has 0 spiro atoms. The minimum absolute atomic E-state index is 0.0293. The molecule has 0 aromatic carbocycles. The summed E-state index contributed by atoms with van der Waals surface area (Å²) < 4.78 is 28.2. The molecule has 12 heteroatoms. The van der Waals surface area contributed by atoms with Gasteiger partial charge in [-0.2, -0.15) is 0 Å². The Hall–Kier alpha value is -4.88. The van der Waals surface area contributed by atoms with Crippen LogP contribution in [0.2, 0.25) is 0 Å². The number of carboxylic acids is 1. The van der Waals surface area contributed by atoms with Crippen LogP contribution in [0.1, 0.15) is 188 Å². The summed E-state index contributed by atoms with van der Waals surface area (Å²) in [5.41, 5.74) is 0. The molecule has 0 amide bonds. The lowest BCUT2D eigenvalue weighted by atomic mass is 9.98. The summed E-state index contributed by atoms with van der Waals surface area (Å²) in [4.78, 5) is 50.9. The molecule has 0 radical (unpaired) electrons. The minimum Gasteiger partial charge on any atom is -0.479 e. The Morgan fingerprint density at radius 2 is 0.877 bits per heavy atom. The predicted molar refractivity (Wildman–Crippen MR) is 293 cm³/mol. The van der Waals surface area contributed by atoms with Crippen molar-refractivity contribution < 1.29 is 58.2 Å². The van der Waals surface area contributed by atoms with E-state index in [2.05, 4.69) is 130 Å². The molecule has 1 saturated heterocycles. The number of carbonyl (C=O) groups excluding carboxylic acids is 3. The van der Waals surface area contributed by atoms with Gasteiger partial charge in [-0.3, -0.25) is 14.4 Å². The molecule has 3 N–H and O–H groups in total. The van der Waals surface area contributed by atoms with E-state index in [1.807, 2.05) is 12.2 Å². The van der Waals surface area contributed by atoms with Crippen LogP contribution in [0.4, 0.5) is 0 Å². The molecule has 0 aromatic rings. The third-order valence-electron chi connectivity index (χ3n) is 11.5. The SMILES string of the molecule is CC/C=C\C/C=C\C/C=C\C/C=C\C/C=C\CCCC(=O)OC1C(OCC(COC(=O)CCCC/C=C\C/C=C\C/C=C\C/C=C\CC)OC(=O)CCCCCCC/C=C\CCCC)OC(C(=O)O)C(O)C1O. The summed E-state index contributed by atoms with van der Waals surface area (Å²) in [6, 6.07) is 0. The maximum atomic E-state index is 13.1. The number of aliphatic hydroxyl groups is 2. The van der Waals surface area contributed by atoms with Gasteiger partial charge < -0.3 is 39.0 Å². The van der Waals surface area contributed by atoms with Crippen LogP contribution in [0.5, 0.6) is 0 Å². The fourth-order valence-electron chi connectivity index (χ4n) is 7.31. The number of unbranched alkanes of at least 4 members (excludes halogenated alkanes) is 10. The quantitative estimate of drug-likeness (QED) is 0.0228. The summed E-state index contributed by atoms with van der Waals surface area (Å²) in [5, 5.41) is 31.4. The highest BCUT2D eigenvalue weighted by atomic mass is 16.7. The van der Waals surface area contributed by atoms with E-state index in [1.54, 1.807) is 0 Å². The second-order valence-corrected chi connectivity index (χ2v) is 18.1. The Balaban J connectivity index is 2.78. The highest BCUT2D eigenvalue weighted by molar-refractivity contribution is 5.74. The zero-order chi connectivity index (χ0) is 53.3. The van der Waals surface area contributed by atoms with Crippen LogP contribution >= 0.6 is 0 Å². The summed E-state index contributed by atoms with van der Waals surface area (Å²) in [7, 11) is 0. The van der Waals surface area contributed by atoms with Gasteiger partial charge in [-0.25, -0.2) is 4.79 Å². The first-order valence-corrected chi connectivity index (χ1v) is 27.5. The van der Waals surface area contributed by atoms with Crippen LogP contribution < -0.4 is 0 Å². The molecule has 6 unspecified atom stereocenters. The second kappa shape index (κ2) is 48.1. The van der Waals surface area contributed by atoms with Crippen LogP contribution in [0, 0.1) is 0 Å². The van der Waals surface area contributed by atoms with Gasteiger partial charge in [-0.1, -0.05) is 174 Å². The number of ether oxygens (including phenoxy) is 5. The molecule has 0 saturated carbocycles. The first-order valence-electron chi connectivity index (χ1n) is 27.5. The first kappa shape index (κ1) is 66.1. The van der Waals surface area contributed by atoms with E-state index in [0.717, 1.165) is 109 Å². The van der Waals surface area contributed by atoms with Crippen LogP contribution in [0.25, 0.3) is 0 Å². The van der Waals surface area contributed by atoms with E-state index < -0.39 is 67.3 Å². The third-order valence-corrected chi connectivity index (χ3v) is 11.5. The minimum atomic E-state index is -1.93. The zero-order valence-corrected chi connectivity index (χ0v) is 44.8. The van der Waals surface area contributed by atoms with Gasteiger partial charge in [0.1, 0.15) is 18.8 Å². The van der Waals surface area contributed by atoms with Crippen LogP contribution in [-0.2, 0) is 42.9 Å². The van der Waals surface area contributed by atoms with Crippen molar-refractivity contribution in [1.82, 2.24) is 0 Å². The van der Waals surface area contributed by atoms with Crippen molar-refractivity contribution in [3.63, 3.8) is 0 Å². The molecule has 12 nitrogen and oxygen atoms in total. The van der Waals surface area contributed by atoms with E-state index in [-0.39, 0.29) is 25.9 Å². The number of esters is 3. The number of hydrogen-bond donors (Lipinski definition) is 3. The van der Waals surface area contributed by atoms with Gasteiger partial charge in [-0.15, -0.1) is 0 Å². The average Bonchev–Trinajstić information content (AvgIpc) is 3.37. The van der Waals surface area contributed by atoms with E-state index in [0.29, 0.717) is 25.7 Å². The zero-order valence-electron chi connectivity index (χ0n) is 44.8. The number of carboxylic acid groups (broad SMARTS) is 1. The van der Waals surface area contributed by atoms with Crippen molar-refractivity contribution in [1.29, 1.82) is 0 Å². The largest absolute Gasteiger partial charge is 0.479 e. The molecular formula is C61H94O12. The van der Waals surface area contributed by atoms with E-state index in [4.69, 9.17) is 23.7 Å². The Kier molecular flexibility index (Phi) is 43.6. The summed E-state index contributed by atoms with van der Waals surface area (Å²) >= 11 is 0. The highest BCUT2D eigenvalue weighted by Crippen LogP contribution is 2.26. The number of hydrogen-bond acceptors (Lipinski definition) is 11. The lowest BCUT2D eigenvalue weighted by molar-refractivity contribution is -0.301. The Morgan fingerprint density at radius 3 is 1.40 bits per heavy atom. The molecule has 0 aliphatic carbocycles. The van der Waals surface area contributed by atoms with Crippen molar-refractivity contribution in [2.75, 3.05) is 13.2 Å². The Bertz CT molecular complexity index is 1730. The number of aliphatic hydroxyl groups excluding tert-OH is 2. The molecule has 1 heterocycles. The smallest absolute Gasteiger partial charge is 0.335 e. The first-order chi connectivity index (χ1) is 35.6. The molecule has 1 aliphatic heterocycles. The summed E-state index contributed by atoms with van der Waals surface area (Å²) in [6.45, 7) is 5.62. The fraction of sp³-hybridized carbons (Fsp3) is 0.607. The van der Waals surface area contributed by atoms with Crippen molar-refractivity contribution >= 4 is 23.9 Å². The maximum Gasteiger partial charge on any atom is 0.335 e. The molecule has 6 atom stereocenters. The normalized spacial score (nSPS) is 19.3. The number of carbonyl (C=O) groups is 4. The van der Waals surface area contributed by atoms with Gasteiger partial charge in [0.15, 0.2) is 24.6 Å². The van der Waals surface area contributed by atoms with Crippen molar-refractivity contribution in [3.05, 3.63) is 122 Å². The molecule has 1 fully saturated rings. The maximum absolute atomic E-state index is 13.1. The van der Waals surface area contributed by atoms with Crippen LogP contribution in [0.3, 0.4) is 0 Å². The topological polar surface area (TPSA) is 175 Å². The second-order valence-electron chi connectivity index (χ2n) is 18.1. The van der Waals surface area contributed by atoms with Crippen molar-refractivity contribution in [2.24, 2.45) is 0 Å². The molecule has 1 aliphatic rings. The lowest BCUT2D eigenvalue weighted by Crippen LogP contribution is -2.61. The van der Waals surface area contributed by atoms with Gasteiger partial charge in [0, 0.05) is 19.3 Å². The Labute approximate surface area is 439 Å². The number of rotatable bonds is 44. The molecule has 0 aromatic heterocycles. The average molecular weight is 1020 g/mol. The molecular weight excluding hydrogens is 925 g/mol. The van der Waals surface area contributed by atoms with Gasteiger partial charge in [-0.05, 0) is 116 Å². The summed E-state index contributed by atoms with van der Waals surface area (Å²) in [6.07, 6.45) is 53.3. The highest BCUT2D eigenvalue weighted by Gasteiger charge is 2.50. The summed E-state index contributed by atoms with van der Waals surface area (Å²) in [5.74, 6) is -3.29. The number of allylic oxidation sites excluding steroid dienone is 20. The Morgan fingerprint density at radius 1 is 0.466 bits per heavy atom. The molecule has 410 valence electrons. The van der Waals surface area contributed by atoms with E-state index >= 15 is 0 Å². The van der Waals surface area contributed by atoms with Crippen LogP contribution in [-0.4, -0.2) is 89.2 Å². The standard InChI is InChI=1S/C61H94O12/c1-4-7-10-13-16-19-22-24-26-27-29-31-34-37-40-43-46-49-55(64)72-59-57(66)56(65)58(60(67)68)73-61(59)70-51-52(71-54(63)48-45-42-39-36-32-21-18-15-12-9-6-3)50-69-53(62)47-44-41-38-35-33-30-28-25-23-20-17-14-11-8-5-2/h7-8,10-11,15-20,24-26,28-29,31,33,35,37,40,52,56-59,61,65-66H,4-6,9,12-14,21-23,27,30,32,34,36,38-39,41-51H2,1-3H3,(H,67,68)/b10-7-,11-8-,18-15-,19-16-,20-17-,26-24-,28-25-,31-29-,35-33-,40-37-. The van der Waals surface area contributed by atoms with Crippen LogP contribution in [0.15, 0.2) is 122 Å². The van der Waals surface area contributed by atoms with E-state index in [9.17, 15) is 34.5 Å². The van der Waals surface area contributed by atoms with Gasteiger partial charge in [0.25, 0.3) is 0 Å². The monoisotopic (exact) mass is 1020 g/mol. The van der Waals surface area contributed by atoms with E-state index in [1.165, 1.54) is 12.8 Å². The van der Waals surface area contributed by atoms with Gasteiger partial charge in [0.2, 0.25) is 0 Å². The van der Waals surface area contributed by atoms with Gasteiger partial charge in [0.05, 0.1) is 6.61 Å². The van der Waals surface area contributed by atoms with Crippen molar-refractivity contribution in [2.45, 2.75) is 225 Å². The van der Waals surface area contributed by atoms with Gasteiger partial charge >= 0.3 is 23.9 Å². The molecule has 0 bridgehead atoms. The van der Waals surface area contributed by atoms with Crippen molar-refractivity contribution in [3.8, 4) is 0 Å². The predicted octanol–water partition coefficient (Wildman–Crippen LogP) is 13.7. The number of aliphatic carboxylic acids is 1. The molecule has 1 rings (SSSR count).